The van der Waals surface area contributed by atoms with Crippen LogP contribution in [0.2, 0.25) is 0 Å². The summed E-state index contributed by atoms with van der Waals surface area (Å²) in [7, 11) is -3.40. The fourth-order valence-corrected chi connectivity index (χ4v) is 4.03. The van der Waals surface area contributed by atoms with Gasteiger partial charge in [0.15, 0.2) is 15.9 Å². The number of hydrogen-bond acceptors (Lipinski definition) is 5. The van der Waals surface area contributed by atoms with Crippen molar-refractivity contribution in [1.82, 2.24) is 5.32 Å². The summed E-state index contributed by atoms with van der Waals surface area (Å²) < 4.78 is 23.0. The fourth-order valence-electron chi connectivity index (χ4n) is 2.20. The van der Waals surface area contributed by atoms with Gasteiger partial charge in [-0.1, -0.05) is 18.2 Å². The minimum Gasteiger partial charge on any atom is -0.479 e. The first kappa shape index (κ1) is 18.2. The third-order valence-corrected chi connectivity index (χ3v) is 6.55. The van der Waals surface area contributed by atoms with Gasteiger partial charge in [-0.2, -0.15) is 0 Å². The summed E-state index contributed by atoms with van der Waals surface area (Å²) in [6.45, 7) is 3.65. The van der Waals surface area contributed by atoms with Crippen LogP contribution >= 0.6 is 11.3 Å². The Hall–Kier alpha value is -2.19. The summed E-state index contributed by atoms with van der Waals surface area (Å²) in [5, 5.41) is 11.9. The fraction of sp³-hybridized carbons (Fsp3) is 0.250. The van der Waals surface area contributed by atoms with Crippen LogP contribution in [0.5, 0.6) is 0 Å². The minimum absolute atomic E-state index is 0.0614. The zero-order chi connectivity index (χ0) is 18.1. The molecule has 0 fully saturated rings. The van der Waals surface area contributed by atoms with Crippen molar-refractivity contribution in [3.63, 3.8) is 0 Å². The maximum absolute atomic E-state index is 12.3. The van der Waals surface area contributed by atoms with Gasteiger partial charge in [-0.3, -0.25) is 4.79 Å². The number of carboxylic acids is 1. The van der Waals surface area contributed by atoms with E-state index in [2.05, 4.69) is 5.32 Å². The van der Waals surface area contributed by atoms with Crippen LogP contribution in [-0.2, 0) is 14.6 Å². The number of aryl methyl sites for hydroxylation is 1. The molecule has 0 radical (unpaired) electrons. The number of amides is 1. The first-order chi connectivity index (χ1) is 11.1. The van der Waals surface area contributed by atoms with Gasteiger partial charge in [-0.25, -0.2) is 13.2 Å². The topological polar surface area (TPSA) is 101 Å². The lowest BCUT2D eigenvalue weighted by molar-refractivity contribution is -0.139. The van der Waals surface area contributed by atoms with Gasteiger partial charge in [0.1, 0.15) is 4.21 Å². The molecule has 1 atom stereocenters. The van der Waals surface area contributed by atoms with Gasteiger partial charge in [0.25, 0.3) is 5.91 Å². The molecule has 0 bridgehead atoms. The number of rotatable bonds is 5. The predicted molar refractivity (Wildman–Crippen MR) is 91.2 cm³/mol. The summed E-state index contributed by atoms with van der Waals surface area (Å²) in [5.74, 6) is -1.81. The highest BCUT2D eigenvalue weighted by molar-refractivity contribution is 7.92. The molecule has 0 aliphatic carbocycles. The number of benzene rings is 1. The molecular weight excluding hydrogens is 350 g/mol. The Morgan fingerprint density at radius 2 is 1.83 bits per heavy atom. The number of aliphatic carboxylic acids is 1. The van der Waals surface area contributed by atoms with E-state index in [1.165, 1.54) is 12.1 Å². The van der Waals surface area contributed by atoms with E-state index < -0.39 is 27.8 Å². The van der Waals surface area contributed by atoms with E-state index in [9.17, 15) is 23.1 Å². The summed E-state index contributed by atoms with van der Waals surface area (Å²) in [6, 6.07) is 6.74. The molecule has 1 aromatic carbocycles. The SMILES string of the molecule is Cc1cccc(C(NC(=O)c2ccc(S(C)(=O)=O)s2)C(=O)O)c1C. The predicted octanol–water partition coefficient (Wildman–Crippen LogP) is 2.32. The van der Waals surface area contributed by atoms with Crippen molar-refractivity contribution in [3.8, 4) is 0 Å². The average molecular weight is 367 g/mol. The van der Waals surface area contributed by atoms with E-state index in [0.717, 1.165) is 28.7 Å². The summed E-state index contributed by atoms with van der Waals surface area (Å²) in [5.41, 5.74) is 2.20. The monoisotopic (exact) mass is 367 g/mol. The first-order valence-corrected chi connectivity index (χ1v) is 9.71. The third kappa shape index (κ3) is 3.82. The van der Waals surface area contributed by atoms with Crippen molar-refractivity contribution in [3.05, 3.63) is 51.9 Å². The molecule has 8 heteroatoms. The van der Waals surface area contributed by atoms with Crippen molar-refractivity contribution in [1.29, 1.82) is 0 Å². The Morgan fingerprint density at radius 1 is 1.17 bits per heavy atom. The smallest absolute Gasteiger partial charge is 0.330 e. The molecule has 0 aliphatic rings. The number of nitrogens with one attached hydrogen (secondary N) is 1. The van der Waals surface area contributed by atoms with E-state index in [0.29, 0.717) is 5.56 Å². The largest absolute Gasteiger partial charge is 0.479 e. The van der Waals surface area contributed by atoms with Crippen molar-refractivity contribution in [2.75, 3.05) is 6.26 Å². The Bertz CT molecular complexity index is 899. The van der Waals surface area contributed by atoms with E-state index in [1.54, 1.807) is 19.1 Å². The van der Waals surface area contributed by atoms with Gasteiger partial charge in [0.2, 0.25) is 0 Å². The summed E-state index contributed by atoms with van der Waals surface area (Å²) in [4.78, 5) is 24.0. The molecule has 1 amide bonds. The standard InChI is InChI=1S/C16H17NO5S2/c1-9-5-4-6-11(10(9)2)14(16(19)20)17-15(18)12-7-8-13(23-12)24(3,21)22/h4-8,14H,1-3H3,(H,17,18)(H,19,20). The van der Waals surface area contributed by atoms with Crippen molar-refractivity contribution in [2.45, 2.75) is 24.1 Å². The second-order valence-corrected chi connectivity index (χ2v) is 8.75. The highest BCUT2D eigenvalue weighted by Gasteiger charge is 2.25. The first-order valence-electron chi connectivity index (χ1n) is 7.01. The van der Waals surface area contributed by atoms with E-state index in [1.807, 2.05) is 13.0 Å². The van der Waals surface area contributed by atoms with Crippen LogP contribution in [0.4, 0.5) is 0 Å². The van der Waals surface area contributed by atoms with Gasteiger partial charge >= 0.3 is 5.97 Å². The van der Waals surface area contributed by atoms with Crippen molar-refractivity contribution < 1.29 is 23.1 Å². The van der Waals surface area contributed by atoms with Gasteiger partial charge in [-0.05, 0) is 42.7 Å². The summed E-state index contributed by atoms with van der Waals surface area (Å²) >= 11 is 0.811. The Labute approximate surface area is 144 Å². The molecule has 6 nitrogen and oxygen atoms in total. The number of carbonyl (C=O) groups excluding carboxylic acids is 1. The zero-order valence-electron chi connectivity index (χ0n) is 13.4. The lowest BCUT2D eigenvalue weighted by atomic mass is 9.97. The van der Waals surface area contributed by atoms with Crippen LogP contribution in [0.15, 0.2) is 34.5 Å². The maximum atomic E-state index is 12.3. The Balaban J connectivity index is 2.31. The van der Waals surface area contributed by atoms with Gasteiger partial charge in [0.05, 0.1) is 4.88 Å². The van der Waals surface area contributed by atoms with E-state index >= 15 is 0 Å². The molecule has 2 rings (SSSR count). The van der Waals surface area contributed by atoms with Crippen LogP contribution < -0.4 is 5.32 Å². The van der Waals surface area contributed by atoms with Crippen LogP contribution in [0.25, 0.3) is 0 Å². The second-order valence-electron chi connectivity index (χ2n) is 5.42. The number of sulfone groups is 1. The molecule has 0 saturated heterocycles. The molecule has 0 spiro atoms. The zero-order valence-corrected chi connectivity index (χ0v) is 15.0. The molecule has 2 N–H and O–H groups in total. The molecule has 24 heavy (non-hydrogen) atoms. The van der Waals surface area contributed by atoms with Crippen LogP contribution in [0, 0.1) is 13.8 Å². The lowest BCUT2D eigenvalue weighted by Crippen LogP contribution is -2.33. The van der Waals surface area contributed by atoms with Crippen molar-refractivity contribution >= 4 is 33.1 Å². The number of hydrogen-bond donors (Lipinski definition) is 2. The van der Waals surface area contributed by atoms with Crippen molar-refractivity contribution in [2.24, 2.45) is 0 Å². The second kappa shape index (κ2) is 6.74. The highest BCUT2D eigenvalue weighted by Crippen LogP contribution is 2.24. The Kier molecular flexibility index (Phi) is 5.10. The molecule has 0 saturated carbocycles. The van der Waals surface area contributed by atoms with Gasteiger partial charge in [-0.15, -0.1) is 11.3 Å². The van der Waals surface area contributed by atoms with Gasteiger partial charge in [0, 0.05) is 6.26 Å². The molecule has 1 heterocycles. The van der Waals surface area contributed by atoms with E-state index in [4.69, 9.17) is 0 Å². The van der Waals surface area contributed by atoms with Crippen LogP contribution in [0.3, 0.4) is 0 Å². The number of carbonyl (C=O) groups is 2. The molecule has 2 aromatic rings. The maximum Gasteiger partial charge on any atom is 0.330 e. The quantitative estimate of drug-likeness (QED) is 0.845. The molecule has 1 unspecified atom stereocenters. The Morgan fingerprint density at radius 3 is 2.38 bits per heavy atom. The number of thiophene rings is 1. The average Bonchev–Trinajstić information content (AvgIpc) is 2.97. The highest BCUT2D eigenvalue weighted by atomic mass is 32.2. The van der Waals surface area contributed by atoms with E-state index in [-0.39, 0.29) is 9.09 Å². The molecule has 0 aliphatic heterocycles. The lowest BCUT2D eigenvalue weighted by Gasteiger charge is -2.17. The van der Waals surface area contributed by atoms with Crippen LogP contribution in [-0.4, -0.2) is 31.7 Å². The molecular formula is C16H17NO5S2. The normalized spacial score (nSPS) is 12.6. The molecule has 128 valence electrons. The number of carboxylic acid groups (broad SMARTS) is 1. The molecule has 1 aromatic heterocycles. The third-order valence-electron chi connectivity index (χ3n) is 3.65. The minimum atomic E-state index is -3.40. The van der Waals surface area contributed by atoms with Gasteiger partial charge < -0.3 is 10.4 Å². The summed E-state index contributed by atoms with van der Waals surface area (Å²) in [6.07, 6.45) is 1.05. The van der Waals surface area contributed by atoms with Crippen LogP contribution in [0.1, 0.15) is 32.4 Å².